The van der Waals surface area contributed by atoms with Gasteiger partial charge in [-0.15, -0.1) is 11.3 Å². The highest BCUT2D eigenvalue weighted by atomic mass is 32.2. The second kappa shape index (κ2) is 5.71. The fourth-order valence-electron chi connectivity index (χ4n) is 1.60. The summed E-state index contributed by atoms with van der Waals surface area (Å²) in [6.07, 6.45) is 3.75. The molecule has 0 fully saturated rings. The van der Waals surface area contributed by atoms with E-state index in [0.717, 1.165) is 24.9 Å². The van der Waals surface area contributed by atoms with Gasteiger partial charge in [-0.2, -0.15) is 0 Å². The van der Waals surface area contributed by atoms with Crippen molar-refractivity contribution in [1.82, 2.24) is 4.98 Å². The minimum Gasteiger partial charge on any atom is -0.379 e. The molecule has 2 heterocycles. The highest BCUT2D eigenvalue weighted by molar-refractivity contribution is 7.90. The second-order valence-electron chi connectivity index (χ2n) is 4.23. The molecular formula is C13H16N2O2S2. The number of aryl methyl sites for hydroxylation is 1. The number of aromatic nitrogens is 1. The third-order valence-corrected chi connectivity index (χ3v) is 4.88. The van der Waals surface area contributed by atoms with Gasteiger partial charge in [-0.25, -0.2) is 13.4 Å². The van der Waals surface area contributed by atoms with E-state index in [1.54, 1.807) is 23.6 Å². The standard InChI is InChI=1S/C13H16N2O2S2/c1-3-11-5-6-12(18-11)9-14-10-4-7-13(15-8-10)19(2,16)17/h4-8,14H,3,9H2,1-2H3. The Morgan fingerprint density at radius 1 is 1.21 bits per heavy atom. The fraction of sp³-hybridized carbons (Fsp3) is 0.308. The SMILES string of the molecule is CCc1ccc(CNc2ccc(S(C)(=O)=O)nc2)s1. The van der Waals surface area contributed by atoms with Crippen LogP contribution in [0.3, 0.4) is 0 Å². The van der Waals surface area contributed by atoms with Crippen LogP contribution >= 0.6 is 11.3 Å². The Hall–Kier alpha value is -1.40. The molecule has 2 rings (SSSR count). The summed E-state index contributed by atoms with van der Waals surface area (Å²) >= 11 is 1.78. The maximum Gasteiger partial charge on any atom is 0.192 e. The summed E-state index contributed by atoms with van der Waals surface area (Å²) in [6.45, 7) is 2.86. The number of hydrogen-bond acceptors (Lipinski definition) is 5. The lowest BCUT2D eigenvalue weighted by molar-refractivity contribution is 0.598. The molecule has 6 heteroatoms. The Morgan fingerprint density at radius 2 is 1.95 bits per heavy atom. The maximum atomic E-state index is 11.3. The third-order valence-electron chi connectivity index (χ3n) is 2.65. The van der Waals surface area contributed by atoms with Crippen LogP contribution in [0.15, 0.2) is 35.5 Å². The van der Waals surface area contributed by atoms with Gasteiger partial charge < -0.3 is 5.32 Å². The van der Waals surface area contributed by atoms with E-state index in [9.17, 15) is 8.42 Å². The van der Waals surface area contributed by atoms with Gasteiger partial charge in [0.05, 0.1) is 11.9 Å². The first kappa shape index (κ1) is 14.0. The van der Waals surface area contributed by atoms with E-state index in [1.165, 1.54) is 15.8 Å². The second-order valence-corrected chi connectivity index (χ2v) is 7.45. The average molecular weight is 296 g/mol. The van der Waals surface area contributed by atoms with Gasteiger partial charge in [0, 0.05) is 22.6 Å². The van der Waals surface area contributed by atoms with E-state index in [2.05, 4.69) is 29.4 Å². The molecule has 2 aromatic heterocycles. The molecule has 0 saturated heterocycles. The number of pyridine rings is 1. The summed E-state index contributed by atoms with van der Waals surface area (Å²) in [5, 5.41) is 3.33. The summed E-state index contributed by atoms with van der Waals surface area (Å²) in [5.41, 5.74) is 0.818. The molecule has 0 saturated carbocycles. The van der Waals surface area contributed by atoms with Crippen molar-refractivity contribution in [3.05, 3.63) is 40.2 Å². The van der Waals surface area contributed by atoms with Crippen molar-refractivity contribution in [2.45, 2.75) is 24.9 Å². The molecule has 0 aliphatic rings. The largest absolute Gasteiger partial charge is 0.379 e. The van der Waals surface area contributed by atoms with Gasteiger partial charge in [0.1, 0.15) is 0 Å². The van der Waals surface area contributed by atoms with Crippen LogP contribution in [0.1, 0.15) is 16.7 Å². The third kappa shape index (κ3) is 3.78. The molecule has 0 spiro atoms. The molecule has 0 aromatic carbocycles. The Morgan fingerprint density at radius 3 is 2.47 bits per heavy atom. The van der Waals surface area contributed by atoms with Crippen molar-refractivity contribution in [2.24, 2.45) is 0 Å². The lowest BCUT2D eigenvalue weighted by Crippen LogP contribution is -2.02. The molecule has 0 aliphatic carbocycles. The van der Waals surface area contributed by atoms with E-state index >= 15 is 0 Å². The van der Waals surface area contributed by atoms with Crippen molar-refractivity contribution >= 4 is 26.9 Å². The van der Waals surface area contributed by atoms with Gasteiger partial charge in [-0.3, -0.25) is 0 Å². The smallest absolute Gasteiger partial charge is 0.192 e. The predicted molar refractivity (Wildman–Crippen MR) is 78.4 cm³/mol. The van der Waals surface area contributed by atoms with Gasteiger partial charge in [0.2, 0.25) is 0 Å². The Labute approximate surface area is 117 Å². The minimum atomic E-state index is -3.22. The van der Waals surface area contributed by atoms with Gasteiger partial charge in [-0.1, -0.05) is 6.92 Å². The summed E-state index contributed by atoms with van der Waals surface area (Å²) in [4.78, 5) is 6.55. The summed E-state index contributed by atoms with van der Waals surface area (Å²) in [7, 11) is -3.22. The maximum absolute atomic E-state index is 11.3. The summed E-state index contributed by atoms with van der Waals surface area (Å²) in [6, 6.07) is 7.49. The molecule has 1 N–H and O–H groups in total. The molecule has 0 aliphatic heterocycles. The van der Waals surface area contributed by atoms with Crippen LogP contribution in [0.2, 0.25) is 0 Å². The zero-order valence-electron chi connectivity index (χ0n) is 10.9. The number of hydrogen-bond donors (Lipinski definition) is 1. The number of nitrogens with zero attached hydrogens (tertiary/aromatic N) is 1. The van der Waals surface area contributed by atoms with Gasteiger partial charge >= 0.3 is 0 Å². The van der Waals surface area contributed by atoms with Crippen molar-refractivity contribution < 1.29 is 8.42 Å². The Balaban J connectivity index is 2.00. The highest BCUT2D eigenvalue weighted by Gasteiger charge is 2.07. The van der Waals surface area contributed by atoms with Crippen LogP contribution in [-0.4, -0.2) is 19.7 Å². The first-order chi connectivity index (χ1) is 8.99. The molecule has 102 valence electrons. The first-order valence-corrected chi connectivity index (χ1v) is 8.67. The number of sulfone groups is 1. The van der Waals surface area contributed by atoms with Crippen LogP contribution < -0.4 is 5.32 Å². The van der Waals surface area contributed by atoms with Crippen LogP contribution in [0, 0.1) is 0 Å². The molecule has 0 bridgehead atoms. The number of nitrogens with one attached hydrogen (secondary N) is 1. The van der Waals surface area contributed by atoms with E-state index in [4.69, 9.17) is 0 Å². The fourth-order valence-corrected chi connectivity index (χ4v) is 3.06. The Kier molecular flexibility index (Phi) is 4.21. The quantitative estimate of drug-likeness (QED) is 0.921. The summed E-state index contributed by atoms with van der Waals surface area (Å²) in [5.74, 6) is 0. The minimum absolute atomic E-state index is 0.0995. The van der Waals surface area contributed by atoms with Gasteiger partial charge in [0.25, 0.3) is 0 Å². The topological polar surface area (TPSA) is 59.1 Å². The average Bonchev–Trinajstić information content (AvgIpc) is 2.84. The molecule has 19 heavy (non-hydrogen) atoms. The van der Waals surface area contributed by atoms with Crippen LogP contribution in [0.5, 0.6) is 0 Å². The van der Waals surface area contributed by atoms with E-state index in [-0.39, 0.29) is 5.03 Å². The van der Waals surface area contributed by atoms with E-state index in [0.29, 0.717) is 0 Å². The van der Waals surface area contributed by atoms with Crippen LogP contribution in [0.25, 0.3) is 0 Å². The zero-order valence-corrected chi connectivity index (χ0v) is 12.5. The van der Waals surface area contributed by atoms with Crippen molar-refractivity contribution in [3.8, 4) is 0 Å². The van der Waals surface area contributed by atoms with Gasteiger partial charge in [0.15, 0.2) is 14.9 Å². The lowest BCUT2D eigenvalue weighted by atomic mass is 10.3. The molecule has 2 aromatic rings. The van der Waals surface area contributed by atoms with Crippen LogP contribution in [-0.2, 0) is 22.8 Å². The molecule has 4 nitrogen and oxygen atoms in total. The van der Waals surface area contributed by atoms with E-state index < -0.39 is 9.84 Å². The normalized spacial score (nSPS) is 11.5. The molecule has 0 radical (unpaired) electrons. The van der Waals surface area contributed by atoms with Crippen molar-refractivity contribution in [3.63, 3.8) is 0 Å². The summed E-state index contributed by atoms with van der Waals surface area (Å²) < 4.78 is 22.6. The number of rotatable bonds is 5. The van der Waals surface area contributed by atoms with Crippen molar-refractivity contribution in [1.29, 1.82) is 0 Å². The van der Waals surface area contributed by atoms with E-state index in [1.807, 2.05) is 0 Å². The number of thiophene rings is 1. The first-order valence-electron chi connectivity index (χ1n) is 5.96. The molecule has 0 amide bonds. The van der Waals surface area contributed by atoms with Crippen molar-refractivity contribution in [2.75, 3.05) is 11.6 Å². The highest BCUT2D eigenvalue weighted by Crippen LogP contribution is 2.18. The Bertz CT molecular complexity index is 646. The molecule has 0 unspecified atom stereocenters. The lowest BCUT2D eigenvalue weighted by Gasteiger charge is -2.05. The molecular weight excluding hydrogens is 280 g/mol. The monoisotopic (exact) mass is 296 g/mol. The predicted octanol–water partition coefficient (Wildman–Crippen LogP) is 2.72. The van der Waals surface area contributed by atoms with Gasteiger partial charge in [-0.05, 0) is 30.7 Å². The van der Waals surface area contributed by atoms with Crippen LogP contribution in [0.4, 0.5) is 5.69 Å². The zero-order chi connectivity index (χ0) is 13.9. The number of anilines is 1. The molecule has 0 atom stereocenters.